The summed E-state index contributed by atoms with van der Waals surface area (Å²) < 4.78 is 0. The third-order valence-corrected chi connectivity index (χ3v) is 2.57. The minimum atomic E-state index is -0.629. The van der Waals surface area contributed by atoms with Gasteiger partial charge in [0.25, 0.3) is 0 Å². The molecule has 0 aromatic heterocycles. The Morgan fingerprint density at radius 1 is 1.29 bits per heavy atom. The Labute approximate surface area is 85.8 Å². The molecule has 0 saturated carbocycles. The first-order valence-electron chi connectivity index (χ1n) is 4.97. The summed E-state index contributed by atoms with van der Waals surface area (Å²) in [6, 6.07) is 8.12. The normalized spacial score (nSPS) is 15.6. The first kappa shape index (κ1) is 11.2. The maximum Gasteiger partial charge on any atom is 0.0650 e. The Bertz CT molecular complexity index is 288. The smallest absolute Gasteiger partial charge is 0.0650 e. The molecule has 2 nitrogen and oxygen atoms in total. The molecule has 0 aliphatic heterocycles. The molecule has 2 heteroatoms. The van der Waals surface area contributed by atoms with Gasteiger partial charge in [-0.2, -0.15) is 0 Å². The first-order chi connectivity index (χ1) is 6.47. The fraction of sp³-hybridized carbons (Fsp3) is 0.500. The van der Waals surface area contributed by atoms with Gasteiger partial charge in [0, 0.05) is 0 Å². The second-order valence-corrected chi connectivity index (χ2v) is 4.35. The van der Waals surface area contributed by atoms with Crippen molar-refractivity contribution in [3.63, 3.8) is 0 Å². The summed E-state index contributed by atoms with van der Waals surface area (Å²) in [6.45, 7) is 6.11. The molecular weight excluding hydrogens is 174 g/mol. The predicted octanol–water partition coefficient (Wildman–Crippen LogP) is 1.98. The second-order valence-electron chi connectivity index (χ2n) is 4.35. The SMILES string of the molecule is CC(C)c1ccc([C@](C)(N)CO)cc1. The maximum absolute atomic E-state index is 9.10. The van der Waals surface area contributed by atoms with E-state index in [9.17, 15) is 0 Å². The molecule has 14 heavy (non-hydrogen) atoms. The van der Waals surface area contributed by atoms with Gasteiger partial charge in [-0.05, 0) is 24.0 Å². The van der Waals surface area contributed by atoms with E-state index in [4.69, 9.17) is 10.8 Å². The highest BCUT2D eigenvalue weighted by Gasteiger charge is 2.19. The number of nitrogens with two attached hydrogens (primary N) is 1. The average molecular weight is 193 g/mol. The molecular formula is C12H19NO. The summed E-state index contributed by atoms with van der Waals surface area (Å²) >= 11 is 0. The van der Waals surface area contributed by atoms with Crippen LogP contribution < -0.4 is 5.73 Å². The van der Waals surface area contributed by atoms with E-state index in [1.165, 1.54) is 5.56 Å². The zero-order valence-electron chi connectivity index (χ0n) is 9.12. The lowest BCUT2D eigenvalue weighted by molar-refractivity contribution is 0.210. The van der Waals surface area contributed by atoms with Crippen LogP contribution in [0.4, 0.5) is 0 Å². The predicted molar refractivity (Wildman–Crippen MR) is 59.2 cm³/mol. The summed E-state index contributed by atoms with van der Waals surface area (Å²) in [5.41, 5.74) is 7.55. The topological polar surface area (TPSA) is 46.2 Å². The molecule has 1 rings (SSSR count). The Kier molecular flexibility index (Phi) is 3.29. The minimum Gasteiger partial charge on any atom is -0.394 e. The summed E-state index contributed by atoms with van der Waals surface area (Å²) in [5, 5.41) is 9.10. The van der Waals surface area contributed by atoms with Gasteiger partial charge in [0.05, 0.1) is 12.1 Å². The Hall–Kier alpha value is -0.860. The fourth-order valence-electron chi connectivity index (χ4n) is 1.34. The van der Waals surface area contributed by atoms with Gasteiger partial charge in [0.1, 0.15) is 0 Å². The van der Waals surface area contributed by atoms with Crippen molar-refractivity contribution in [1.29, 1.82) is 0 Å². The molecule has 0 amide bonds. The molecule has 0 bridgehead atoms. The van der Waals surface area contributed by atoms with Crippen molar-refractivity contribution >= 4 is 0 Å². The molecule has 0 fully saturated rings. The van der Waals surface area contributed by atoms with E-state index in [1.807, 2.05) is 19.1 Å². The number of rotatable bonds is 3. The number of benzene rings is 1. The highest BCUT2D eigenvalue weighted by Crippen LogP contribution is 2.20. The van der Waals surface area contributed by atoms with Crippen LogP contribution in [0.3, 0.4) is 0 Å². The third kappa shape index (κ3) is 2.34. The van der Waals surface area contributed by atoms with Gasteiger partial charge in [-0.3, -0.25) is 0 Å². The van der Waals surface area contributed by atoms with Gasteiger partial charge in [-0.1, -0.05) is 38.1 Å². The van der Waals surface area contributed by atoms with Crippen LogP contribution in [0.25, 0.3) is 0 Å². The molecule has 0 radical (unpaired) electrons. The molecule has 3 N–H and O–H groups in total. The Morgan fingerprint density at radius 2 is 1.79 bits per heavy atom. The lowest BCUT2D eigenvalue weighted by Crippen LogP contribution is -2.36. The van der Waals surface area contributed by atoms with Crippen LogP contribution in [0.5, 0.6) is 0 Å². The van der Waals surface area contributed by atoms with E-state index in [1.54, 1.807) is 0 Å². The number of aliphatic hydroxyl groups is 1. The molecule has 0 heterocycles. The number of aliphatic hydroxyl groups excluding tert-OH is 1. The van der Waals surface area contributed by atoms with E-state index in [2.05, 4.69) is 26.0 Å². The zero-order valence-corrected chi connectivity index (χ0v) is 9.12. The summed E-state index contributed by atoms with van der Waals surface area (Å²) in [6.07, 6.45) is 0. The van der Waals surface area contributed by atoms with E-state index in [0.29, 0.717) is 5.92 Å². The van der Waals surface area contributed by atoms with Crippen LogP contribution in [0.2, 0.25) is 0 Å². The van der Waals surface area contributed by atoms with Gasteiger partial charge in [-0.25, -0.2) is 0 Å². The minimum absolute atomic E-state index is 0.0337. The maximum atomic E-state index is 9.10. The van der Waals surface area contributed by atoms with Crippen LogP contribution >= 0.6 is 0 Å². The van der Waals surface area contributed by atoms with Crippen molar-refractivity contribution in [3.05, 3.63) is 35.4 Å². The molecule has 78 valence electrons. The molecule has 1 aromatic rings. The number of hydrogen-bond acceptors (Lipinski definition) is 2. The largest absolute Gasteiger partial charge is 0.394 e. The van der Waals surface area contributed by atoms with Gasteiger partial charge in [-0.15, -0.1) is 0 Å². The quantitative estimate of drug-likeness (QED) is 0.771. The van der Waals surface area contributed by atoms with Crippen molar-refractivity contribution in [3.8, 4) is 0 Å². The standard InChI is InChI=1S/C12H19NO/c1-9(2)10-4-6-11(7-5-10)12(3,13)8-14/h4-7,9,14H,8,13H2,1-3H3/t12-/m1/s1. The first-order valence-corrected chi connectivity index (χ1v) is 4.97. The van der Waals surface area contributed by atoms with Gasteiger partial charge in [0.15, 0.2) is 0 Å². The molecule has 1 atom stereocenters. The molecule has 1 aromatic carbocycles. The highest BCUT2D eigenvalue weighted by molar-refractivity contribution is 5.29. The fourth-order valence-corrected chi connectivity index (χ4v) is 1.34. The van der Waals surface area contributed by atoms with Crippen LogP contribution in [0, 0.1) is 0 Å². The molecule has 0 aliphatic rings. The van der Waals surface area contributed by atoms with E-state index in [0.717, 1.165) is 5.56 Å². The molecule has 0 spiro atoms. The van der Waals surface area contributed by atoms with Crippen molar-refractivity contribution in [2.24, 2.45) is 5.73 Å². The summed E-state index contributed by atoms with van der Waals surface area (Å²) in [7, 11) is 0. The van der Waals surface area contributed by atoms with Crippen LogP contribution in [0.15, 0.2) is 24.3 Å². The van der Waals surface area contributed by atoms with Crippen molar-refractivity contribution in [2.45, 2.75) is 32.2 Å². The molecule has 0 saturated heterocycles. The van der Waals surface area contributed by atoms with Gasteiger partial charge < -0.3 is 10.8 Å². The Balaban J connectivity index is 2.94. The van der Waals surface area contributed by atoms with E-state index >= 15 is 0 Å². The van der Waals surface area contributed by atoms with E-state index < -0.39 is 5.54 Å². The van der Waals surface area contributed by atoms with Crippen LogP contribution in [0.1, 0.15) is 37.8 Å². The van der Waals surface area contributed by atoms with Crippen molar-refractivity contribution < 1.29 is 5.11 Å². The number of hydrogen-bond donors (Lipinski definition) is 2. The Morgan fingerprint density at radius 3 is 2.14 bits per heavy atom. The van der Waals surface area contributed by atoms with Crippen molar-refractivity contribution in [2.75, 3.05) is 6.61 Å². The van der Waals surface area contributed by atoms with Crippen LogP contribution in [-0.4, -0.2) is 11.7 Å². The van der Waals surface area contributed by atoms with Gasteiger partial charge >= 0.3 is 0 Å². The third-order valence-electron chi connectivity index (χ3n) is 2.57. The average Bonchev–Trinajstić information content (AvgIpc) is 2.18. The molecule has 0 unspecified atom stereocenters. The zero-order chi connectivity index (χ0) is 10.8. The van der Waals surface area contributed by atoms with Crippen LogP contribution in [-0.2, 0) is 5.54 Å². The van der Waals surface area contributed by atoms with Gasteiger partial charge in [0.2, 0.25) is 0 Å². The lowest BCUT2D eigenvalue weighted by atomic mass is 9.92. The highest BCUT2D eigenvalue weighted by atomic mass is 16.3. The second kappa shape index (κ2) is 4.11. The van der Waals surface area contributed by atoms with E-state index in [-0.39, 0.29) is 6.61 Å². The van der Waals surface area contributed by atoms with Crippen molar-refractivity contribution in [1.82, 2.24) is 0 Å². The summed E-state index contributed by atoms with van der Waals surface area (Å²) in [5.74, 6) is 0.530. The summed E-state index contributed by atoms with van der Waals surface area (Å²) in [4.78, 5) is 0. The monoisotopic (exact) mass is 193 g/mol. The molecule has 0 aliphatic carbocycles. The lowest BCUT2D eigenvalue weighted by Gasteiger charge is -2.22.